The Labute approximate surface area is 173 Å². The molecule has 2 fully saturated rings. The Kier molecular flexibility index (Phi) is 5.19. The second-order valence-corrected chi connectivity index (χ2v) is 8.52. The van der Waals surface area contributed by atoms with Crippen molar-refractivity contribution in [1.29, 1.82) is 0 Å². The first-order valence-corrected chi connectivity index (χ1v) is 10.2. The van der Waals surface area contributed by atoms with Crippen molar-refractivity contribution in [2.75, 3.05) is 13.7 Å². The van der Waals surface area contributed by atoms with E-state index in [1.807, 2.05) is 42.5 Å². The Bertz CT molecular complexity index is 905. The largest absolute Gasteiger partial charge is 0.497 e. The maximum absolute atomic E-state index is 12.5. The maximum atomic E-state index is 12.5. The molecule has 28 heavy (non-hydrogen) atoms. The highest BCUT2D eigenvalue weighted by Gasteiger charge is 2.55. The van der Waals surface area contributed by atoms with E-state index in [-0.39, 0.29) is 11.9 Å². The Morgan fingerprint density at radius 3 is 2.68 bits per heavy atom. The van der Waals surface area contributed by atoms with Gasteiger partial charge in [-0.1, -0.05) is 30.4 Å². The zero-order valence-corrected chi connectivity index (χ0v) is 17.5. The number of halogens is 1. The average Bonchev–Trinajstić information content (AvgIpc) is 3.15. The third-order valence-corrected chi connectivity index (χ3v) is 6.39. The monoisotopic (exact) mass is 442 g/mol. The van der Waals surface area contributed by atoms with Gasteiger partial charge in [0.15, 0.2) is 0 Å². The molecule has 1 saturated carbocycles. The highest BCUT2D eigenvalue weighted by molar-refractivity contribution is 9.10. The summed E-state index contributed by atoms with van der Waals surface area (Å²) in [6.07, 6.45) is 2.28. The maximum Gasteiger partial charge on any atom is 0.313 e. The third-order valence-electron chi connectivity index (χ3n) is 5.77. The van der Waals surface area contributed by atoms with E-state index in [2.05, 4.69) is 22.5 Å². The van der Waals surface area contributed by atoms with Gasteiger partial charge in [0.2, 0.25) is 0 Å². The van der Waals surface area contributed by atoms with Gasteiger partial charge in [-0.05, 0) is 70.6 Å². The fourth-order valence-electron chi connectivity index (χ4n) is 4.28. The molecule has 0 spiro atoms. The van der Waals surface area contributed by atoms with Crippen LogP contribution in [0.1, 0.15) is 24.0 Å². The van der Waals surface area contributed by atoms with Crippen molar-refractivity contribution in [3.8, 4) is 11.5 Å². The first kappa shape index (κ1) is 19.1. The molecule has 5 heteroatoms. The van der Waals surface area contributed by atoms with Gasteiger partial charge in [-0.25, -0.2) is 0 Å². The summed E-state index contributed by atoms with van der Waals surface area (Å²) in [4.78, 5) is 12.5. The van der Waals surface area contributed by atoms with E-state index in [0.717, 1.165) is 45.5 Å². The second-order valence-electron chi connectivity index (χ2n) is 7.66. The molecule has 4 rings (SSSR count). The van der Waals surface area contributed by atoms with Crippen molar-refractivity contribution in [2.45, 2.75) is 25.9 Å². The van der Waals surface area contributed by atoms with Crippen LogP contribution in [0.5, 0.6) is 11.5 Å². The molecule has 2 aromatic carbocycles. The quantitative estimate of drug-likeness (QED) is 0.461. The molecule has 1 aliphatic carbocycles. The molecule has 2 aromatic rings. The number of carbonyl (C=O) groups is 1. The minimum absolute atomic E-state index is 0.0768. The zero-order valence-electron chi connectivity index (χ0n) is 15.9. The Morgan fingerprint density at radius 1 is 1.21 bits per heavy atom. The minimum atomic E-state index is -0.442. The number of hydrogen-bond donors (Lipinski definition) is 0. The number of hydrogen-bond acceptors (Lipinski definition) is 4. The smallest absolute Gasteiger partial charge is 0.313 e. The van der Waals surface area contributed by atoms with Crippen LogP contribution in [0.4, 0.5) is 0 Å². The first-order chi connectivity index (χ1) is 13.5. The number of benzene rings is 2. The molecular formula is C23H23BrO4. The van der Waals surface area contributed by atoms with E-state index in [1.165, 1.54) is 0 Å². The lowest BCUT2D eigenvalue weighted by Gasteiger charge is -2.24. The SMILES string of the molecule is C=C1CC2COC(=O)C2(Cc2ccc(OCc3ccc(OC)cc3)c(Br)c2)C1. The van der Waals surface area contributed by atoms with Crippen LogP contribution in [-0.4, -0.2) is 19.7 Å². The summed E-state index contributed by atoms with van der Waals surface area (Å²) >= 11 is 3.61. The molecule has 2 atom stereocenters. The fraction of sp³-hybridized carbons (Fsp3) is 0.348. The van der Waals surface area contributed by atoms with Crippen molar-refractivity contribution in [2.24, 2.45) is 11.3 Å². The van der Waals surface area contributed by atoms with Crippen molar-refractivity contribution in [1.82, 2.24) is 0 Å². The highest BCUT2D eigenvalue weighted by atomic mass is 79.9. The standard InChI is InChI=1S/C23H23BrO4/c1-15-9-18-14-28-22(25)23(18,11-15)12-17-5-8-21(20(24)10-17)27-13-16-3-6-19(26-2)7-4-16/h3-8,10,18H,1,9,11-14H2,2H3. The van der Waals surface area contributed by atoms with E-state index in [9.17, 15) is 4.79 Å². The third kappa shape index (κ3) is 3.55. The molecule has 1 aliphatic heterocycles. The van der Waals surface area contributed by atoms with Gasteiger partial charge in [0, 0.05) is 5.92 Å². The summed E-state index contributed by atoms with van der Waals surface area (Å²) in [7, 11) is 1.65. The van der Waals surface area contributed by atoms with Crippen LogP contribution >= 0.6 is 15.9 Å². The van der Waals surface area contributed by atoms with Gasteiger partial charge in [-0.2, -0.15) is 0 Å². The molecule has 0 aromatic heterocycles. The van der Waals surface area contributed by atoms with Gasteiger partial charge >= 0.3 is 5.97 Å². The summed E-state index contributed by atoms with van der Waals surface area (Å²) in [5, 5.41) is 0. The van der Waals surface area contributed by atoms with Gasteiger partial charge in [0.25, 0.3) is 0 Å². The predicted octanol–water partition coefficient (Wildman–Crippen LogP) is 5.09. The normalized spacial score (nSPS) is 23.4. The summed E-state index contributed by atoms with van der Waals surface area (Å²) in [5.74, 6) is 1.77. The van der Waals surface area contributed by atoms with Crippen LogP contribution in [0.25, 0.3) is 0 Å². The summed E-state index contributed by atoms with van der Waals surface area (Å²) in [5.41, 5.74) is 2.88. The Morgan fingerprint density at radius 2 is 1.96 bits per heavy atom. The van der Waals surface area contributed by atoms with Crippen LogP contribution in [0, 0.1) is 11.3 Å². The number of rotatable bonds is 6. The van der Waals surface area contributed by atoms with Gasteiger partial charge in [-0.3, -0.25) is 4.79 Å². The Hall–Kier alpha value is -2.27. The lowest BCUT2D eigenvalue weighted by atomic mass is 9.75. The first-order valence-electron chi connectivity index (χ1n) is 9.38. The topological polar surface area (TPSA) is 44.8 Å². The number of cyclic esters (lactones) is 1. The molecule has 4 nitrogen and oxygen atoms in total. The van der Waals surface area contributed by atoms with Crippen molar-refractivity contribution < 1.29 is 19.0 Å². The van der Waals surface area contributed by atoms with Crippen molar-refractivity contribution in [3.05, 3.63) is 70.2 Å². The van der Waals surface area contributed by atoms with E-state index < -0.39 is 5.41 Å². The number of esters is 1. The molecule has 0 amide bonds. The van der Waals surface area contributed by atoms with Crippen LogP contribution in [0.3, 0.4) is 0 Å². The lowest BCUT2D eigenvalue weighted by Crippen LogP contribution is -2.31. The molecule has 0 radical (unpaired) electrons. The van der Waals surface area contributed by atoms with E-state index in [0.29, 0.717) is 19.6 Å². The molecule has 0 bridgehead atoms. The highest BCUT2D eigenvalue weighted by Crippen LogP contribution is 2.52. The number of methoxy groups -OCH3 is 1. The molecule has 1 saturated heterocycles. The Balaban J connectivity index is 1.45. The van der Waals surface area contributed by atoms with Crippen molar-refractivity contribution in [3.63, 3.8) is 0 Å². The van der Waals surface area contributed by atoms with Crippen LogP contribution < -0.4 is 9.47 Å². The van der Waals surface area contributed by atoms with Crippen LogP contribution in [0.2, 0.25) is 0 Å². The number of allylic oxidation sites excluding steroid dienone is 1. The average molecular weight is 443 g/mol. The van der Waals surface area contributed by atoms with Crippen LogP contribution in [-0.2, 0) is 22.6 Å². The fourth-order valence-corrected chi connectivity index (χ4v) is 4.82. The molecular weight excluding hydrogens is 420 g/mol. The molecule has 0 N–H and O–H groups in total. The summed E-state index contributed by atoms with van der Waals surface area (Å²) in [6.45, 7) is 5.10. The summed E-state index contributed by atoms with van der Waals surface area (Å²) in [6, 6.07) is 13.8. The van der Waals surface area contributed by atoms with Gasteiger partial charge in [-0.15, -0.1) is 0 Å². The summed E-state index contributed by atoms with van der Waals surface area (Å²) < 4.78 is 17.4. The van der Waals surface area contributed by atoms with E-state index >= 15 is 0 Å². The van der Waals surface area contributed by atoms with Crippen molar-refractivity contribution >= 4 is 21.9 Å². The van der Waals surface area contributed by atoms with Gasteiger partial charge < -0.3 is 14.2 Å². The molecule has 146 valence electrons. The second kappa shape index (κ2) is 7.63. The zero-order chi connectivity index (χ0) is 19.7. The van der Waals surface area contributed by atoms with E-state index in [4.69, 9.17) is 14.2 Å². The predicted molar refractivity (Wildman–Crippen MR) is 110 cm³/mol. The lowest BCUT2D eigenvalue weighted by molar-refractivity contribution is -0.146. The van der Waals surface area contributed by atoms with Gasteiger partial charge in [0.1, 0.15) is 18.1 Å². The van der Waals surface area contributed by atoms with Crippen LogP contribution in [0.15, 0.2) is 59.1 Å². The number of ether oxygens (including phenoxy) is 3. The molecule has 2 unspecified atom stereocenters. The molecule has 1 heterocycles. The number of carbonyl (C=O) groups excluding carboxylic acids is 1. The van der Waals surface area contributed by atoms with E-state index in [1.54, 1.807) is 7.11 Å². The molecule has 2 aliphatic rings. The number of fused-ring (bicyclic) bond motifs is 1. The van der Waals surface area contributed by atoms with Gasteiger partial charge in [0.05, 0.1) is 23.6 Å². The minimum Gasteiger partial charge on any atom is -0.497 e.